The molecule has 1 heterocycles. The van der Waals surface area contributed by atoms with E-state index in [-0.39, 0.29) is 22.2 Å². The van der Waals surface area contributed by atoms with Crippen LogP contribution in [0.15, 0.2) is 57.8 Å². The third-order valence-electron chi connectivity index (χ3n) is 4.44. The van der Waals surface area contributed by atoms with Gasteiger partial charge >= 0.3 is 0 Å². The number of carbonyl (C=O) groups excluding carboxylic acids is 1. The lowest BCUT2D eigenvalue weighted by Gasteiger charge is -2.13. The van der Waals surface area contributed by atoms with E-state index in [1.54, 1.807) is 25.1 Å². The maximum absolute atomic E-state index is 14.0. The van der Waals surface area contributed by atoms with Crippen molar-refractivity contribution in [3.8, 4) is 0 Å². The number of hydrogen-bond acceptors (Lipinski definition) is 3. The van der Waals surface area contributed by atoms with E-state index < -0.39 is 0 Å². The number of rotatable bonds is 5. The summed E-state index contributed by atoms with van der Waals surface area (Å²) in [5, 5.41) is 3.03. The first kappa shape index (κ1) is 21.5. The molecule has 3 aromatic rings. The van der Waals surface area contributed by atoms with Gasteiger partial charge in [-0.2, -0.15) is 0 Å². The highest BCUT2D eigenvalue weighted by atomic mass is 35.5. The molecule has 29 heavy (non-hydrogen) atoms. The summed E-state index contributed by atoms with van der Waals surface area (Å²) in [4.78, 5) is 13.6. The third kappa shape index (κ3) is 5.22. The second kappa shape index (κ2) is 8.64. The summed E-state index contributed by atoms with van der Waals surface area (Å²) >= 11 is 7.32. The Bertz CT molecular complexity index is 1020. The van der Waals surface area contributed by atoms with Gasteiger partial charge in [0.1, 0.15) is 17.3 Å². The number of halogens is 2. The molecule has 0 aliphatic carbocycles. The molecule has 152 valence electrons. The highest BCUT2D eigenvalue weighted by Crippen LogP contribution is 2.29. The lowest BCUT2D eigenvalue weighted by molar-refractivity contribution is 0.102. The van der Waals surface area contributed by atoms with Crippen LogP contribution in [-0.4, -0.2) is 5.91 Å². The zero-order valence-corrected chi connectivity index (χ0v) is 18.4. The molecule has 0 bridgehead atoms. The van der Waals surface area contributed by atoms with E-state index in [4.69, 9.17) is 16.0 Å². The van der Waals surface area contributed by atoms with Crippen LogP contribution in [0.1, 0.15) is 48.2 Å². The van der Waals surface area contributed by atoms with Gasteiger partial charge in [0.2, 0.25) is 0 Å². The van der Waals surface area contributed by atoms with Crippen LogP contribution in [0.3, 0.4) is 0 Å². The number of amides is 1. The van der Waals surface area contributed by atoms with Crippen LogP contribution in [0.4, 0.5) is 10.1 Å². The minimum atomic E-state index is -0.379. The molecule has 0 spiro atoms. The van der Waals surface area contributed by atoms with Gasteiger partial charge in [-0.1, -0.05) is 44.5 Å². The first-order valence-electron chi connectivity index (χ1n) is 9.23. The Labute approximate surface area is 179 Å². The summed E-state index contributed by atoms with van der Waals surface area (Å²) in [6.45, 7) is 7.91. The Kier molecular flexibility index (Phi) is 6.39. The molecule has 1 amide bonds. The summed E-state index contributed by atoms with van der Waals surface area (Å²) in [6.07, 6.45) is 0. The van der Waals surface area contributed by atoms with Gasteiger partial charge in [0.25, 0.3) is 5.91 Å². The van der Waals surface area contributed by atoms with Crippen molar-refractivity contribution in [1.29, 1.82) is 0 Å². The van der Waals surface area contributed by atoms with E-state index >= 15 is 0 Å². The summed E-state index contributed by atoms with van der Waals surface area (Å²) in [6, 6.07) is 14.2. The fourth-order valence-electron chi connectivity index (χ4n) is 2.73. The van der Waals surface area contributed by atoms with Crippen LogP contribution in [0.2, 0.25) is 5.02 Å². The summed E-state index contributed by atoms with van der Waals surface area (Å²) in [7, 11) is 0. The molecule has 0 aliphatic heterocycles. The molecular weight excluding hydrogens is 409 g/mol. The quantitative estimate of drug-likeness (QED) is 0.433. The van der Waals surface area contributed by atoms with Gasteiger partial charge in [0.15, 0.2) is 0 Å². The predicted octanol–water partition coefficient (Wildman–Crippen LogP) is 7.22. The highest BCUT2D eigenvalue weighted by molar-refractivity contribution is 7.98. The molecule has 2 aromatic carbocycles. The van der Waals surface area contributed by atoms with Gasteiger partial charge in [-0.05, 0) is 48.9 Å². The van der Waals surface area contributed by atoms with E-state index in [2.05, 4.69) is 5.32 Å². The summed E-state index contributed by atoms with van der Waals surface area (Å²) < 4.78 is 19.7. The number of thioether (sulfide) groups is 1. The maximum Gasteiger partial charge on any atom is 0.259 e. The number of anilines is 1. The van der Waals surface area contributed by atoms with E-state index in [1.165, 1.54) is 17.8 Å². The summed E-state index contributed by atoms with van der Waals surface area (Å²) in [5.41, 5.74) is 1.62. The van der Waals surface area contributed by atoms with E-state index in [0.29, 0.717) is 28.3 Å². The topological polar surface area (TPSA) is 42.2 Å². The Morgan fingerprint density at radius 2 is 1.86 bits per heavy atom. The molecule has 0 saturated heterocycles. The van der Waals surface area contributed by atoms with Crippen LogP contribution in [-0.2, 0) is 11.2 Å². The first-order valence-corrected chi connectivity index (χ1v) is 10.6. The highest BCUT2D eigenvalue weighted by Gasteiger charge is 2.23. The average Bonchev–Trinajstić information content (AvgIpc) is 3.06. The van der Waals surface area contributed by atoms with Crippen molar-refractivity contribution in [2.24, 2.45) is 0 Å². The standard InChI is InChI=1S/C23H23ClFNO2S/c1-14-18(12-20(28-14)23(2,3)4)22(27)26-16-8-10-17(11-9-16)29-13-15-6-5-7-19(24)21(15)25/h5-12H,13H2,1-4H3,(H,26,27). The molecule has 0 aliphatic rings. The second-order valence-corrected chi connectivity index (χ2v) is 9.27. The monoisotopic (exact) mass is 431 g/mol. The lowest BCUT2D eigenvalue weighted by Crippen LogP contribution is -2.12. The third-order valence-corrected chi connectivity index (χ3v) is 5.79. The Morgan fingerprint density at radius 3 is 2.48 bits per heavy atom. The fourth-order valence-corrected chi connectivity index (χ4v) is 3.80. The Hall–Kier alpha value is -2.24. The molecule has 3 nitrogen and oxygen atoms in total. The molecule has 1 N–H and O–H groups in total. The number of hydrogen-bond donors (Lipinski definition) is 1. The number of benzene rings is 2. The normalized spacial score (nSPS) is 11.5. The Balaban J connectivity index is 1.64. The number of furan rings is 1. The molecule has 0 atom stereocenters. The van der Waals surface area contributed by atoms with Crippen LogP contribution >= 0.6 is 23.4 Å². The van der Waals surface area contributed by atoms with Crippen LogP contribution < -0.4 is 5.32 Å². The van der Waals surface area contributed by atoms with Crippen molar-refractivity contribution in [2.45, 2.75) is 43.8 Å². The van der Waals surface area contributed by atoms with Gasteiger partial charge in [0.05, 0.1) is 10.6 Å². The minimum absolute atomic E-state index is 0.130. The number of nitrogens with one attached hydrogen (secondary N) is 1. The minimum Gasteiger partial charge on any atom is -0.465 e. The van der Waals surface area contributed by atoms with Crippen LogP contribution in [0.5, 0.6) is 0 Å². The molecule has 0 saturated carbocycles. The van der Waals surface area contributed by atoms with Crippen LogP contribution in [0.25, 0.3) is 0 Å². The maximum atomic E-state index is 14.0. The molecular formula is C23H23ClFNO2S. The van der Waals surface area contributed by atoms with Gasteiger partial charge in [-0.3, -0.25) is 4.79 Å². The number of aryl methyl sites for hydroxylation is 1. The van der Waals surface area contributed by atoms with E-state index in [0.717, 1.165) is 10.7 Å². The van der Waals surface area contributed by atoms with Crippen molar-refractivity contribution in [3.63, 3.8) is 0 Å². The van der Waals surface area contributed by atoms with Crippen molar-refractivity contribution in [3.05, 3.63) is 82.0 Å². The zero-order chi connectivity index (χ0) is 21.2. The van der Waals surface area contributed by atoms with Crippen molar-refractivity contribution in [1.82, 2.24) is 0 Å². The van der Waals surface area contributed by atoms with Gasteiger partial charge in [-0.15, -0.1) is 11.8 Å². The molecule has 3 rings (SSSR count). The lowest BCUT2D eigenvalue weighted by atomic mass is 9.93. The number of carbonyl (C=O) groups is 1. The SMILES string of the molecule is Cc1oc(C(C)(C)C)cc1C(=O)Nc1ccc(SCc2cccc(Cl)c2F)cc1. The van der Waals surface area contributed by atoms with Gasteiger partial charge < -0.3 is 9.73 Å². The van der Waals surface area contributed by atoms with Crippen molar-refractivity contribution >= 4 is 35.0 Å². The predicted molar refractivity (Wildman–Crippen MR) is 118 cm³/mol. The van der Waals surface area contributed by atoms with Crippen molar-refractivity contribution < 1.29 is 13.6 Å². The largest absolute Gasteiger partial charge is 0.465 e. The van der Waals surface area contributed by atoms with Crippen molar-refractivity contribution in [2.75, 3.05) is 5.32 Å². The van der Waals surface area contributed by atoms with E-state index in [9.17, 15) is 9.18 Å². The summed E-state index contributed by atoms with van der Waals surface area (Å²) in [5.74, 6) is 1.27. The smallest absolute Gasteiger partial charge is 0.259 e. The van der Waals surface area contributed by atoms with Crippen LogP contribution in [0, 0.1) is 12.7 Å². The zero-order valence-electron chi connectivity index (χ0n) is 16.8. The first-order chi connectivity index (χ1) is 13.6. The van der Waals surface area contributed by atoms with E-state index in [1.807, 2.05) is 45.0 Å². The molecule has 6 heteroatoms. The van der Waals surface area contributed by atoms with Gasteiger partial charge in [-0.25, -0.2) is 4.39 Å². The Morgan fingerprint density at radius 1 is 1.17 bits per heavy atom. The molecule has 1 aromatic heterocycles. The molecule has 0 radical (unpaired) electrons. The van der Waals surface area contributed by atoms with Gasteiger partial charge in [0, 0.05) is 21.8 Å². The second-order valence-electron chi connectivity index (χ2n) is 7.81. The molecule has 0 fully saturated rings. The fraction of sp³-hybridized carbons (Fsp3) is 0.261. The average molecular weight is 432 g/mol. The molecule has 0 unspecified atom stereocenters.